The molecule has 0 amide bonds. The highest BCUT2D eigenvalue weighted by atomic mass is 16.4. The number of benzene rings is 1. The van der Waals surface area contributed by atoms with Crippen LogP contribution in [0.25, 0.3) is 5.69 Å². The Kier molecular flexibility index (Phi) is 4.52. The Morgan fingerprint density at radius 1 is 1.17 bits per heavy atom. The van der Waals surface area contributed by atoms with E-state index in [1.807, 2.05) is 26.2 Å². The van der Waals surface area contributed by atoms with Crippen LogP contribution in [0.3, 0.4) is 0 Å². The van der Waals surface area contributed by atoms with Crippen molar-refractivity contribution >= 4 is 0 Å². The zero-order valence-electron chi connectivity index (χ0n) is 13.7. The van der Waals surface area contributed by atoms with Gasteiger partial charge >= 0.3 is 0 Å². The van der Waals surface area contributed by atoms with Crippen LogP contribution in [0.4, 0.5) is 0 Å². The maximum atomic E-state index is 5.51. The molecule has 0 aliphatic heterocycles. The van der Waals surface area contributed by atoms with Crippen molar-refractivity contribution in [2.24, 2.45) is 0 Å². The van der Waals surface area contributed by atoms with Crippen molar-refractivity contribution in [3.63, 3.8) is 0 Å². The lowest BCUT2D eigenvalue weighted by Crippen LogP contribution is -2.18. The van der Waals surface area contributed by atoms with E-state index in [1.54, 1.807) is 0 Å². The molecule has 0 saturated heterocycles. The molecule has 23 heavy (non-hydrogen) atoms. The fourth-order valence-electron chi connectivity index (χ4n) is 2.44. The Balaban J connectivity index is 1.63. The van der Waals surface area contributed by atoms with Crippen LogP contribution in [0.5, 0.6) is 0 Å². The Labute approximate surface area is 135 Å². The molecule has 1 unspecified atom stereocenters. The topological polar surface area (TPSA) is 68.8 Å². The molecule has 0 spiro atoms. The predicted molar refractivity (Wildman–Crippen MR) is 87.2 cm³/mol. The molecule has 3 rings (SSSR count). The average molecular weight is 311 g/mol. The third-order valence-corrected chi connectivity index (χ3v) is 3.87. The van der Waals surface area contributed by atoms with Crippen LogP contribution in [0.15, 0.2) is 41.1 Å². The number of nitrogens with one attached hydrogen (secondary N) is 1. The minimum Gasteiger partial charge on any atom is -0.424 e. The standard InChI is InChI=1S/C17H21N5O/c1-4-16-20-21-17(23-16)11-19-12(2)14-5-7-15(8-6-14)22-10-9-18-13(22)3/h5-10,12,19H,4,11H2,1-3H3. The van der Waals surface area contributed by atoms with Crippen molar-refractivity contribution in [1.82, 2.24) is 25.1 Å². The zero-order valence-corrected chi connectivity index (χ0v) is 13.7. The molecular weight excluding hydrogens is 290 g/mol. The number of aryl methyl sites for hydroxylation is 2. The summed E-state index contributed by atoms with van der Waals surface area (Å²) in [4.78, 5) is 4.25. The van der Waals surface area contributed by atoms with Crippen LogP contribution in [0.2, 0.25) is 0 Å². The Morgan fingerprint density at radius 3 is 2.52 bits per heavy atom. The Morgan fingerprint density at radius 2 is 1.91 bits per heavy atom. The summed E-state index contributed by atoms with van der Waals surface area (Å²) < 4.78 is 7.57. The average Bonchev–Trinajstić information content (AvgIpc) is 3.21. The summed E-state index contributed by atoms with van der Waals surface area (Å²) in [5.41, 5.74) is 2.32. The molecule has 1 aromatic carbocycles. The van der Waals surface area contributed by atoms with E-state index >= 15 is 0 Å². The SMILES string of the molecule is CCc1nnc(CNC(C)c2ccc(-n3ccnc3C)cc2)o1. The van der Waals surface area contributed by atoms with Gasteiger partial charge in [0.1, 0.15) is 5.82 Å². The highest BCUT2D eigenvalue weighted by Gasteiger charge is 2.09. The van der Waals surface area contributed by atoms with Crippen molar-refractivity contribution in [2.45, 2.75) is 39.8 Å². The zero-order chi connectivity index (χ0) is 16.2. The maximum absolute atomic E-state index is 5.51. The van der Waals surface area contributed by atoms with Crippen LogP contribution in [0, 0.1) is 6.92 Å². The summed E-state index contributed by atoms with van der Waals surface area (Å²) >= 11 is 0. The molecule has 6 heteroatoms. The number of hydrogen-bond donors (Lipinski definition) is 1. The van der Waals surface area contributed by atoms with E-state index < -0.39 is 0 Å². The molecule has 0 aliphatic rings. The molecule has 0 bridgehead atoms. The van der Waals surface area contributed by atoms with Crippen LogP contribution in [-0.2, 0) is 13.0 Å². The number of hydrogen-bond acceptors (Lipinski definition) is 5. The second-order valence-electron chi connectivity index (χ2n) is 5.48. The van der Waals surface area contributed by atoms with E-state index in [9.17, 15) is 0 Å². The monoisotopic (exact) mass is 311 g/mol. The van der Waals surface area contributed by atoms with E-state index in [0.29, 0.717) is 18.3 Å². The van der Waals surface area contributed by atoms with Gasteiger partial charge in [0.25, 0.3) is 0 Å². The lowest BCUT2D eigenvalue weighted by Gasteiger charge is -2.14. The first-order valence-electron chi connectivity index (χ1n) is 7.82. The smallest absolute Gasteiger partial charge is 0.230 e. The summed E-state index contributed by atoms with van der Waals surface area (Å²) in [7, 11) is 0. The van der Waals surface area contributed by atoms with Gasteiger partial charge in [0.05, 0.1) is 6.54 Å². The van der Waals surface area contributed by atoms with Gasteiger partial charge in [-0.2, -0.15) is 0 Å². The van der Waals surface area contributed by atoms with Crippen LogP contribution in [0.1, 0.15) is 43.1 Å². The van der Waals surface area contributed by atoms with Crippen LogP contribution < -0.4 is 5.32 Å². The first kappa shape index (κ1) is 15.4. The van der Waals surface area contributed by atoms with Crippen molar-refractivity contribution < 1.29 is 4.42 Å². The molecule has 2 aromatic heterocycles. The number of aromatic nitrogens is 4. The quantitative estimate of drug-likeness (QED) is 0.758. The van der Waals surface area contributed by atoms with Crippen LogP contribution >= 0.6 is 0 Å². The van der Waals surface area contributed by atoms with Gasteiger partial charge in [-0.3, -0.25) is 0 Å². The van der Waals surface area contributed by atoms with Crippen molar-refractivity contribution in [2.75, 3.05) is 0 Å². The molecule has 0 saturated carbocycles. The number of imidazole rings is 1. The van der Waals surface area contributed by atoms with Crippen molar-refractivity contribution in [3.05, 3.63) is 59.8 Å². The third kappa shape index (κ3) is 3.48. The van der Waals surface area contributed by atoms with E-state index in [-0.39, 0.29) is 6.04 Å². The predicted octanol–water partition coefficient (Wildman–Crippen LogP) is 2.98. The second-order valence-corrected chi connectivity index (χ2v) is 5.48. The highest BCUT2D eigenvalue weighted by Crippen LogP contribution is 2.17. The van der Waals surface area contributed by atoms with Crippen molar-refractivity contribution in [3.8, 4) is 5.69 Å². The summed E-state index contributed by atoms with van der Waals surface area (Å²) in [6.45, 7) is 6.68. The molecule has 0 fully saturated rings. The molecule has 1 N–H and O–H groups in total. The fourth-order valence-corrected chi connectivity index (χ4v) is 2.44. The number of nitrogens with zero attached hydrogens (tertiary/aromatic N) is 4. The minimum atomic E-state index is 0.199. The van der Waals surface area contributed by atoms with Gasteiger partial charge in [0.2, 0.25) is 11.8 Å². The van der Waals surface area contributed by atoms with E-state index in [4.69, 9.17) is 4.42 Å². The normalized spacial score (nSPS) is 12.5. The molecule has 2 heterocycles. The molecule has 1 atom stereocenters. The van der Waals surface area contributed by atoms with E-state index in [2.05, 4.69) is 56.3 Å². The minimum absolute atomic E-state index is 0.199. The van der Waals surface area contributed by atoms with Gasteiger partial charge < -0.3 is 14.3 Å². The number of rotatable bonds is 6. The molecule has 120 valence electrons. The van der Waals surface area contributed by atoms with Gasteiger partial charge in [-0.15, -0.1) is 10.2 Å². The van der Waals surface area contributed by atoms with Gasteiger partial charge in [0, 0.05) is 30.5 Å². The summed E-state index contributed by atoms with van der Waals surface area (Å²) in [6.07, 6.45) is 4.53. The second kappa shape index (κ2) is 6.75. The molecule has 6 nitrogen and oxygen atoms in total. The van der Waals surface area contributed by atoms with Gasteiger partial charge in [-0.1, -0.05) is 19.1 Å². The Bertz CT molecular complexity index is 759. The van der Waals surface area contributed by atoms with E-state index in [0.717, 1.165) is 17.9 Å². The lowest BCUT2D eigenvalue weighted by atomic mass is 10.1. The summed E-state index contributed by atoms with van der Waals surface area (Å²) in [5.74, 6) is 2.28. The van der Waals surface area contributed by atoms with Crippen molar-refractivity contribution in [1.29, 1.82) is 0 Å². The summed E-state index contributed by atoms with van der Waals surface area (Å²) in [6, 6.07) is 8.65. The molecule has 0 aliphatic carbocycles. The van der Waals surface area contributed by atoms with Gasteiger partial charge in [-0.25, -0.2) is 4.98 Å². The maximum Gasteiger partial charge on any atom is 0.230 e. The third-order valence-electron chi connectivity index (χ3n) is 3.87. The van der Waals surface area contributed by atoms with Gasteiger partial charge in [0.15, 0.2) is 0 Å². The first-order chi connectivity index (χ1) is 11.2. The Hall–Kier alpha value is -2.47. The fraction of sp³-hybridized carbons (Fsp3) is 0.353. The van der Waals surface area contributed by atoms with Crippen LogP contribution in [-0.4, -0.2) is 19.7 Å². The molecular formula is C17H21N5O. The lowest BCUT2D eigenvalue weighted by molar-refractivity contribution is 0.422. The summed E-state index contributed by atoms with van der Waals surface area (Å²) in [5, 5.41) is 11.4. The van der Waals surface area contributed by atoms with E-state index in [1.165, 1.54) is 5.56 Å². The molecule has 3 aromatic rings. The first-order valence-corrected chi connectivity index (χ1v) is 7.82. The highest BCUT2D eigenvalue weighted by molar-refractivity contribution is 5.36. The molecule has 0 radical (unpaired) electrons. The largest absolute Gasteiger partial charge is 0.424 e. The van der Waals surface area contributed by atoms with Gasteiger partial charge in [-0.05, 0) is 31.5 Å².